The van der Waals surface area contributed by atoms with Gasteiger partial charge in [-0.1, -0.05) is 42.5 Å². The van der Waals surface area contributed by atoms with Crippen LogP contribution in [0.1, 0.15) is 23.1 Å². The lowest BCUT2D eigenvalue weighted by Gasteiger charge is -2.29. The van der Waals surface area contributed by atoms with Crippen LogP contribution in [0.5, 0.6) is 11.5 Å². The summed E-state index contributed by atoms with van der Waals surface area (Å²) >= 11 is 0. The molecule has 0 amide bonds. The highest BCUT2D eigenvalue weighted by Crippen LogP contribution is 2.51. The summed E-state index contributed by atoms with van der Waals surface area (Å²) in [7, 11) is -3.66. The summed E-state index contributed by atoms with van der Waals surface area (Å²) in [5, 5.41) is 18.8. The second kappa shape index (κ2) is 7.37. The first-order valence-corrected chi connectivity index (χ1v) is 12.5. The standard InChI is InChI=1S/C26H23NO5S/c28-19-9-5-17(6-10-19)24-22-15-23(26(32-22)25(24)18-7-11-20(29)12-8-18)33(30,31)27-14-13-16-3-1-2-4-21(16)27/h1-12,22-23,26,28-29H,13-15H2. The van der Waals surface area contributed by atoms with E-state index in [1.165, 1.54) is 0 Å². The van der Waals surface area contributed by atoms with E-state index in [9.17, 15) is 18.6 Å². The molecule has 3 aliphatic rings. The van der Waals surface area contributed by atoms with Crippen LogP contribution >= 0.6 is 0 Å². The largest absolute Gasteiger partial charge is 0.508 e. The van der Waals surface area contributed by atoms with Gasteiger partial charge in [-0.05, 0) is 71.0 Å². The number of ether oxygens (including phenoxy) is 1. The average Bonchev–Trinajstić information content (AvgIpc) is 3.53. The van der Waals surface area contributed by atoms with Gasteiger partial charge in [0.2, 0.25) is 10.0 Å². The number of sulfonamides is 1. The first-order valence-electron chi connectivity index (χ1n) is 11.0. The number of benzene rings is 3. The summed E-state index contributed by atoms with van der Waals surface area (Å²) in [6, 6.07) is 21.3. The predicted octanol–water partition coefficient (Wildman–Crippen LogP) is 3.94. The van der Waals surface area contributed by atoms with Crippen LogP contribution in [0, 0.1) is 0 Å². The van der Waals surface area contributed by atoms with Crippen LogP contribution in [0.15, 0.2) is 72.8 Å². The molecule has 2 bridgehead atoms. The van der Waals surface area contributed by atoms with Gasteiger partial charge in [0, 0.05) is 6.54 Å². The monoisotopic (exact) mass is 461 g/mol. The summed E-state index contributed by atoms with van der Waals surface area (Å²) < 4.78 is 35.6. The molecule has 1 saturated heterocycles. The molecule has 0 aliphatic carbocycles. The van der Waals surface area contributed by atoms with Gasteiger partial charge in [0.1, 0.15) is 22.9 Å². The topological polar surface area (TPSA) is 87.1 Å². The highest BCUT2D eigenvalue weighted by molar-refractivity contribution is 7.93. The highest BCUT2D eigenvalue weighted by Gasteiger charge is 2.54. The van der Waals surface area contributed by atoms with Gasteiger partial charge in [-0.15, -0.1) is 0 Å². The lowest BCUT2D eigenvalue weighted by atomic mass is 9.83. The van der Waals surface area contributed by atoms with Gasteiger partial charge in [0.15, 0.2) is 0 Å². The van der Waals surface area contributed by atoms with Gasteiger partial charge in [-0.3, -0.25) is 4.31 Å². The molecule has 2 N–H and O–H groups in total. The van der Waals surface area contributed by atoms with E-state index in [0.29, 0.717) is 19.4 Å². The number of phenolic OH excluding ortho intramolecular Hbond substituents is 2. The van der Waals surface area contributed by atoms with Crippen LogP contribution in [0.3, 0.4) is 0 Å². The van der Waals surface area contributed by atoms with Crippen molar-refractivity contribution in [3.8, 4) is 11.5 Å². The van der Waals surface area contributed by atoms with Crippen molar-refractivity contribution in [2.45, 2.75) is 30.3 Å². The van der Waals surface area contributed by atoms with Crippen LogP contribution in [-0.2, 0) is 21.2 Å². The van der Waals surface area contributed by atoms with Crippen molar-refractivity contribution >= 4 is 26.9 Å². The van der Waals surface area contributed by atoms with Crippen LogP contribution in [-0.4, -0.2) is 42.6 Å². The van der Waals surface area contributed by atoms with Gasteiger partial charge in [0.05, 0.1) is 11.8 Å². The van der Waals surface area contributed by atoms with E-state index in [4.69, 9.17) is 4.74 Å². The molecular formula is C26H23NO5S. The Kier molecular flexibility index (Phi) is 4.54. The maximum absolute atomic E-state index is 13.9. The third-order valence-corrected chi connectivity index (χ3v) is 9.08. The smallest absolute Gasteiger partial charge is 0.241 e. The molecule has 1 fully saturated rings. The van der Waals surface area contributed by atoms with Gasteiger partial charge < -0.3 is 14.9 Å². The Labute approximate surface area is 192 Å². The van der Waals surface area contributed by atoms with Crippen molar-refractivity contribution < 1.29 is 23.4 Å². The molecule has 168 valence electrons. The van der Waals surface area contributed by atoms with Crippen molar-refractivity contribution in [1.29, 1.82) is 0 Å². The zero-order valence-electron chi connectivity index (χ0n) is 17.8. The third-order valence-electron chi connectivity index (χ3n) is 6.88. The zero-order chi connectivity index (χ0) is 22.7. The number of phenols is 2. The molecule has 0 radical (unpaired) electrons. The highest BCUT2D eigenvalue weighted by atomic mass is 32.2. The number of anilines is 1. The van der Waals surface area contributed by atoms with Crippen molar-refractivity contribution in [3.05, 3.63) is 89.5 Å². The molecule has 3 aromatic rings. The molecule has 0 spiro atoms. The second-order valence-electron chi connectivity index (χ2n) is 8.74. The molecule has 3 atom stereocenters. The number of para-hydroxylation sites is 1. The fourth-order valence-corrected chi connectivity index (χ4v) is 7.43. The molecule has 3 heterocycles. The van der Waals surface area contributed by atoms with E-state index in [0.717, 1.165) is 33.5 Å². The summed E-state index contributed by atoms with van der Waals surface area (Å²) in [6.45, 7) is 0.443. The third kappa shape index (κ3) is 3.14. The van der Waals surface area contributed by atoms with Crippen molar-refractivity contribution in [2.24, 2.45) is 0 Å². The van der Waals surface area contributed by atoms with E-state index >= 15 is 0 Å². The zero-order valence-corrected chi connectivity index (χ0v) is 18.6. The number of fused-ring (bicyclic) bond motifs is 3. The van der Waals surface area contributed by atoms with E-state index in [1.54, 1.807) is 40.7 Å². The molecule has 3 aliphatic heterocycles. The maximum Gasteiger partial charge on any atom is 0.241 e. The van der Waals surface area contributed by atoms with Gasteiger partial charge >= 0.3 is 0 Å². The molecule has 0 aromatic heterocycles. The normalized spacial score (nSPS) is 23.9. The minimum Gasteiger partial charge on any atom is -0.508 e. The number of hydrogen-bond donors (Lipinski definition) is 2. The van der Waals surface area contributed by atoms with E-state index in [-0.39, 0.29) is 17.6 Å². The molecule has 3 aromatic carbocycles. The summed E-state index contributed by atoms with van der Waals surface area (Å²) in [6.07, 6.45) is 0.113. The second-order valence-corrected chi connectivity index (χ2v) is 10.8. The van der Waals surface area contributed by atoms with Crippen molar-refractivity contribution in [3.63, 3.8) is 0 Å². The molecule has 3 unspecified atom stereocenters. The molecule has 7 heteroatoms. The van der Waals surface area contributed by atoms with Gasteiger partial charge in [-0.2, -0.15) is 0 Å². The van der Waals surface area contributed by atoms with E-state index in [2.05, 4.69) is 0 Å². The van der Waals surface area contributed by atoms with Crippen LogP contribution in [0.25, 0.3) is 11.1 Å². The fourth-order valence-electron chi connectivity index (χ4n) is 5.38. The predicted molar refractivity (Wildman–Crippen MR) is 127 cm³/mol. The number of nitrogens with zero attached hydrogens (tertiary/aromatic N) is 1. The first-order chi connectivity index (χ1) is 15.9. The van der Waals surface area contributed by atoms with Crippen molar-refractivity contribution in [1.82, 2.24) is 0 Å². The van der Waals surface area contributed by atoms with Crippen LogP contribution < -0.4 is 4.31 Å². The molecule has 0 saturated carbocycles. The summed E-state index contributed by atoms with van der Waals surface area (Å²) in [5.41, 5.74) is 5.30. The number of aromatic hydroxyl groups is 2. The number of hydrogen-bond acceptors (Lipinski definition) is 5. The Morgan fingerprint density at radius 2 is 1.42 bits per heavy atom. The Hall–Kier alpha value is -3.29. The average molecular weight is 462 g/mol. The minimum absolute atomic E-state index is 0.146. The Bertz CT molecular complexity index is 1360. The summed E-state index contributed by atoms with van der Waals surface area (Å²) in [5.74, 6) is 0.315. The fraction of sp³-hybridized carbons (Fsp3) is 0.231. The molecular weight excluding hydrogens is 438 g/mol. The molecule has 33 heavy (non-hydrogen) atoms. The lowest BCUT2D eigenvalue weighted by molar-refractivity contribution is 0.128. The lowest BCUT2D eigenvalue weighted by Crippen LogP contribution is -2.43. The Morgan fingerprint density at radius 1 is 0.818 bits per heavy atom. The maximum atomic E-state index is 13.9. The molecule has 6 nitrogen and oxygen atoms in total. The van der Waals surface area contributed by atoms with Gasteiger partial charge in [0.25, 0.3) is 0 Å². The minimum atomic E-state index is -3.66. The Morgan fingerprint density at radius 3 is 2.09 bits per heavy atom. The van der Waals surface area contributed by atoms with Crippen molar-refractivity contribution in [2.75, 3.05) is 10.8 Å². The van der Waals surface area contributed by atoms with E-state index in [1.807, 2.05) is 36.4 Å². The quantitative estimate of drug-likeness (QED) is 0.615. The molecule has 6 rings (SSSR count). The SMILES string of the molecule is O=S(=O)(C1CC2OC1C(c1ccc(O)cc1)=C2c1ccc(O)cc1)N1CCc2ccccc21. The van der Waals surface area contributed by atoms with Gasteiger partial charge in [-0.25, -0.2) is 8.42 Å². The van der Waals surface area contributed by atoms with Crippen LogP contribution in [0.2, 0.25) is 0 Å². The Balaban J connectivity index is 1.45. The summed E-state index contributed by atoms with van der Waals surface area (Å²) in [4.78, 5) is 0. The number of rotatable bonds is 4. The first kappa shape index (κ1) is 20.3. The van der Waals surface area contributed by atoms with E-state index < -0.39 is 21.4 Å². The van der Waals surface area contributed by atoms with Crippen LogP contribution in [0.4, 0.5) is 5.69 Å².